The van der Waals surface area contributed by atoms with Crippen LogP contribution in [0.3, 0.4) is 0 Å². The molecule has 0 amide bonds. The number of phenols is 1. The fourth-order valence-corrected chi connectivity index (χ4v) is 1.14. The van der Waals surface area contributed by atoms with Crippen LogP contribution in [0.1, 0.15) is 12.0 Å². The Kier molecular flexibility index (Phi) is 3.83. The first-order valence-electron chi connectivity index (χ1n) is 3.99. The van der Waals surface area contributed by atoms with Crippen LogP contribution in [0.5, 0.6) is 5.75 Å². The number of thiol groups is 1. The molecule has 0 atom stereocenters. The minimum absolute atomic E-state index is 0.0504. The van der Waals surface area contributed by atoms with Crippen LogP contribution in [-0.4, -0.2) is 10.9 Å². The van der Waals surface area contributed by atoms with E-state index in [9.17, 15) is 4.39 Å². The summed E-state index contributed by atoms with van der Waals surface area (Å²) >= 11 is 4.03. The molecule has 0 heterocycles. The van der Waals surface area contributed by atoms with Crippen molar-refractivity contribution in [3.05, 3.63) is 35.7 Å². The molecule has 0 saturated heterocycles. The molecule has 0 aromatic heterocycles. The normalized spacial score (nSPS) is 10.9. The lowest BCUT2D eigenvalue weighted by molar-refractivity contribution is 0.469. The van der Waals surface area contributed by atoms with Gasteiger partial charge in [0, 0.05) is 6.07 Å². The summed E-state index contributed by atoms with van der Waals surface area (Å²) < 4.78 is 12.7. The topological polar surface area (TPSA) is 20.2 Å². The average Bonchev–Trinajstić information content (AvgIpc) is 2.03. The molecule has 0 radical (unpaired) electrons. The summed E-state index contributed by atoms with van der Waals surface area (Å²) in [6.07, 6.45) is 4.49. The van der Waals surface area contributed by atoms with Gasteiger partial charge in [-0.15, -0.1) is 0 Å². The second-order valence-electron chi connectivity index (χ2n) is 2.66. The second kappa shape index (κ2) is 4.92. The third kappa shape index (κ3) is 3.51. The van der Waals surface area contributed by atoms with E-state index in [2.05, 4.69) is 12.6 Å². The molecule has 1 nitrogen and oxygen atoms in total. The molecule has 0 aliphatic heterocycles. The molecule has 1 aromatic rings. The van der Waals surface area contributed by atoms with Crippen LogP contribution in [0, 0.1) is 5.82 Å². The van der Waals surface area contributed by atoms with Gasteiger partial charge in [0.15, 0.2) is 0 Å². The fourth-order valence-electron chi connectivity index (χ4n) is 0.986. The maximum atomic E-state index is 12.7. The predicted octanol–water partition coefficient (Wildman–Crippen LogP) is 2.86. The third-order valence-corrected chi connectivity index (χ3v) is 1.77. The summed E-state index contributed by atoms with van der Waals surface area (Å²) in [6, 6.07) is 3.96. The molecule has 0 saturated carbocycles. The molecule has 1 rings (SSSR count). The van der Waals surface area contributed by atoms with Crippen molar-refractivity contribution >= 4 is 18.7 Å². The van der Waals surface area contributed by atoms with Gasteiger partial charge >= 0.3 is 0 Å². The smallest absolute Gasteiger partial charge is 0.127 e. The SMILES string of the molecule is Oc1cc(F)cc(C=CCCS)c1. The van der Waals surface area contributed by atoms with Crippen LogP contribution in [0.15, 0.2) is 24.3 Å². The highest BCUT2D eigenvalue weighted by Gasteiger charge is 1.95. The summed E-state index contributed by atoms with van der Waals surface area (Å²) in [5.74, 6) is 0.286. The summed E-state index contributed by atoms with van der Waals surface area (Å²) in [5, 5.41) is 9.06. The molecule has 0 aliphatic rings. The van der Waals surface area contributed by atoms with Crippen LogP contribution >= 0.6 is 12.6 Å². The van der Waals surface area contributed by atoms with Gasteiger partial charge in [0.05, 0.1) is 0 Å². The molecule has 0 fully saturated rings. The first kappa shape index (κ1) is 10.1. The number of benzene rings is 1. The highest BCUT2D eigenvalue weighted by Crippen LogP contribution is 2.15. The van der Waals surface area contributed by atoms with Crippen LogP contribution in [0.4, 0.5) is 4.39 Å². The molecule has 3 heteroatoms. The van der Waals surface area contributed by atoms with Gasteiger partial charge < -0.3 is 5.11 Å². The first-order valence-corrected chi connectivity index (χ1v) is 4.62. The molecule has 70 valence electrons. The molecule has 0 spiro atoms. The first-order chi connectivity index (χ1) is 6.22. The largest absolute Gasteiger partial charge is 0.508 e. The van der Waals surface area contributed by atoms with Crippen LogP contribution in [0.2, 0.25) is 0 Å². The Morgan fingerprint density at radius 3 is 2.77 bits per heavy atom. The number of halogens is 1. The van der Waals surface area contributed by atoms with Crippen molar-refractivity contribution < 1.29 is 9.50 Å². The van der Waals surface area contributed by atoms with E-state index in [-0.39, 0.29) is 5.75 Å². The number of rotatable bonds is 3. The monoisotopic (exact) mass is 198 g/mol. The Hall–Kier alpha value is -0.960. The van der Waals surface area contributed by atoms with Crippen molar-refractivity contribution in [1.82, 2.24) is 0 Å². The van der Waals surface area contributed by atoms with Crippen LogP contribution in [-0.2, 0) is 0 Å². The number of phenolic OH excluding ortho intramolecular Hbond substituents is 1. The van der Waals surface area contributed by atoms with E-state index in [4.69, 9.17) is 5.11 Å². The van der Waals surface area contributed by atoms with Gasteiger partial charge in [-0.25, -0.2) is 4.39 Å². The van der Waals surface area contributed by atoms with Gasteiger partial charge in [-0.05, 0) is 29.9 Å². The van der Waals surface area contributed by atoms with Crippen LogP contribution < -0.4 is 0 Å². The van der Waals surface area contributed by atoms with E-state index in [0.717, 1.165) is 18.2 Å². The lowest BCUT2D eigenvalue weighted by Gasteiger charge is -1.96. The number of aromatic hydroxyl groups is 1. The average molecular weight is 198 g/mol. The number of hydrogen-bond acceptors (Lipinski definition) is 2. The summed E-state index contributed by atoms with van der Waals surface area (Å²) in [6.45, 7) is 0. The minimum atomic E-state index is -0.425. The number of hydrogen-bond donors (Lipinski definition) is 2. The van der Waals surface area contributed by atoms with E-state index in [1.807, 2.05) is 6.08 Å². The van der Waals surface area contributed by atoms with Gasteiger partial charge in [-0.2, -0.15) is 12.6 Å². The summed E-state index contributed by atoms with van der Waals surface area (Å²) in [5.41, 5.74) is 0.666. The van der Waals surface area contributed by atoms with Crippen molar-refractivity contribution in [3.8, 4) is 5.75 Å². The Balaban J connectivity index is 2.77. The lowest BCUT2D eigenvalue weighted by atomic mass is 10.2. The van der Waals surface area contributed by atoms with Crippen molar-refractivity contribution in [2.75, 3.05) is 5.75 Å². The molecular weight excluding hydrogens is 187 g/mol. The van der Waals surface area contributed by atoms with E-state index in [0.29, 0.717) is 5.56 Å². The van der Waals surface area contributed by atoms with Gasteiger partial charge in [-0.3, -0.25) is 0 Å². The zero-order chi connectivity index (χ0) is 9.68. The van der Waals surface area contributed by atoms with Gasteiger partial charge in [-0.1, -0.05) is 12.2 Å². The second-order valence-corrected chi connectivity index (χ2v) is 3.10. The quantitative estimate of drug-likeness (QED) is 0.715. The van der Waals surface area contributed by atoms with Crippen LogP contribution in [0.25, 0.3) is 6.08 Å². The molecule has 13 heavy (non-hydrogen) atoms. The molecule has 1 N–H and O–H groups in total. The maximum absolute atomic E-state index is 12.7. The minimum Gasteiger partial charge on any atom is -0.508 e. The standard InChI is InChI=1S/C10H11FOS/c11-9-5-8(3-1-2-4-13)6-10(12)7-9/h1,3,5-7,12-13H,2,4H2. The maximum Gasteiger partial charge on any atom is 0.127 e. The Morgan fingerprint density at radius 1 is 1.38 bits per heavy atom. The Morgan fingerprint density at radius 2 is 2.15 bits per heavy atom. The van der Waals surface area contributed by atoms with E-state index in [1.54, 1.807) is 6.08 Å². The zero-order valence-electron chi connectivity index (χ0n) is 7.07. The molecule has 1 aromatic carbocycles. The van der Waals surface area contributed by atoms with Crippen molar-refractivity contribution in [2.24, 2.45) is 0 Å². The molecule has 0 bridgehead atoms. The third-order valence-electron chi connectivity index (χ3n) is 1.51. The van der Waals surface area contributed by atoms with E-state index >= 15 is 0 Å². The fraction of sp³-hybridized carbons (Fsp3) is 0.200. The summed E-state index contributed by atoms with van der Waals surface area (Å²) in [7, 11) is 0. The van der Waals surface area contributed by atoms with Crippen molar-refractivity contribution in [1.29, 1.82) is 0 Å². The van der Waals surface area contributed by atoms with Gasteiger partial charge in [0.2, 0.25) is 0 Å². The van der Waals surface area contributed by atoms with Gasteiger partial charge in [0.1, 0.15) is 11.6 Å². The highest BCUT2D eigenvalue weighted by atomic mass is 32.1. The number of allylic oxidation sites excluding steroid dienone is 1. The lowest BCUT2D eigenvalue weighted by Crippen LogP contribution is -1.77. The molecule has 0 aliphatic carbocycles. The van der Waals surface area contributed by atoms with Crippen molar-refractivity contribution in [2.45, 2.75) is 6.42 Å². The summed E-state index contributed by atoms with van der Waals surface area (Å²) in [4.78, 5) is 0. The van der Waals surface area contributed by atoms with E-state index < -0.39 is 5.82 Å². The zero-order valence-corrected chi connectivity index (χ0v) is 7.97. The Labute approximate surface area is 82.3 Å². The van der Waals surface area contributed by atoms with Gasteiger partial charge in [0.25, 0.3) is 0 Å². The van der Waals surface area contributed by atoms with E-state index in [1.165, 1.54) is 12.1 Å². The molecule has 0 unspecified atom stereocenters. The highest BCUT2D eigenvalue weighted by molar-refractivity contribution is 7.80. The predicted molar refractivity (Wildman–Crippen MR) is 55.6 cm³/mol. The van der Waals surface area contributed by atoms with Crippen molar-refractivity contribution in [3.63, 3.8) is 0 Å². The Bertz CT molecular complexity index is 290. The molecular formula is C10H11FOS.